The van der Waals surface area contributed by atoms with Crippen molar-refractivity contribution in [3.05, 3.63) is 29.8 Å². The zero-order valence-electron chi connectivity index (χ0n) is 14.6. The van der Waals surface area contributed by atoms with Crippen LogP contribution in [-0.2, 0) is 20.8 Å². The molecule has 6 nitrogen and oxygen atoms in total. The maximum atomic E-state index is 12.9. The van der Waals surface area contributed by atoms with E-state index in [4.69, 9.17) is 14.2 Å². The van der Waals surface area contributed by atoms with Crippen LogP contribution in [0.4, 0.5) is 0 Å². The quantitative estimate of drug-likeness (QED) is 0.824. The Kier molecular flexibility index (Phi) is 7.96. The molecule has 1 aromatic carbocycles. The lowest BCUT2D eigenvalue weighted by atomic mass is 10.1. The molecule has 25 heavy (non-hydrogen) atoms. The van der Waals surface area contributed by atoms with Gasteiger partial charge in [0, 0.05) is 32.8 Å². The van der Waals surface area contributed by atoms with Crippen LogP contribution < -0.4 is 10.1 Å². The lowest BCUT2D eigenvalue weighted by Crippen LogP contribution is -2.50. The fourth-order valence-corrected chi connectivity index (χ4v) is 3.19. The first-order valence-corrected chi connectivity index (χ1v) is 8.62. The van der Waals surface area contributed by atoms with E-state index in [1.807, 2.05) is 29.2 Å². The third kappa shape index (κ3) is 5.57. The number of morpholine rings is 1. The molecule has 2 aliphatic heterocycles. The Hall–Kier alpha value is -1.34. The van der Waals surface area contributed by atoms with E-state index in [0.717, 1.165) is 37.3 Å². The third-order valence-electron chi connectivity index (χ3n) is 4.47. The fraction of sp³-hybridized carbons (Fsp3) is 0.611. The van der Waals surface area contributed by atoms with E-state index in [-0.39, 0.29) is 24.4 Å². The van der Waals surface area contributed by atoms with Crippen LogP contribution in [0.15, 0.2) is 24.3 Å². The van der Waals surface area contributed by atoms with E-state index < -0.39 is 6.10 Å². The molecule has 3 rings (SSSR count). The molecule has 0 spiro atoms. The minimum atomic E-state index is -0.411. The SMILES string of the molecule is COc1cccc(CN(CC2CCCO2)C(=O)C2CNCCO2)c1.Cl. The van der Waals surface area contributed by atoms with Crippen LogP contribution in [-0.4, -0.2) is 63.0 Å². The van der Waals surface area contributed by atoms with Gasteiger partial charge in [0.15, 0.2) is 0 Å². The molecule has 0 bridgehead atoms. The van der Waals surface area contributed by atoms with Crippen molar-refractivity contribution in [2.24, 2.45) is 0 Å². The van der Waals surface area contributed by atoms with Gasteiger partial charge < -0.3 is 24.4 Å². The maximum absolute atomic E-state index is 12.9. The van der Waals surface area contributed by atoms with E-state index >= 15 is 0 Å². The summed E-state index contributed by atoms with van der Waals surface area (Å²) in [5, 5.41) is 3.22. The first-order valence-electron chi connectivity index (χ1n) is 8.62. The Morgan fingerprint density at radius 3 is 2.92 bits per heavy atom. The number of carbonyl (C=O) groups excluding carboxylic acids is 1. The van der Waals surface area contributed by atoms with Crippen molar-refractivity contribution in [3.8, 4) is 5.75 Å². The molecular formula is C18H27ClN2O4. The number of rotatable bonds is 6. The molecule has 1 amide bonds. The standard InChI is InChI=1S/C18H26N2O4.ClH/c1-22-15-5-2-4-14(10-15)12-20(13-16-6-3-8-23-16)18(21)17-11-19-7-9-24-17;/h2,4-5,10,16-17,19H,3,6-9,11-13H2,1H3;1H. The average Bonchev–Trinajstić information content (AvgIpc) is 3.14. The minimum absolute atomic E-state index is 0. The van der Waals surface area contributed by atoms with Crippen LogP contribution in [0, 0.1) is 0 Å². The van der Waals surface area contributed by atoms with Crippen molar-refractivity contribution >= 4 is 18.3 Å². The van der Waals surface area contributed by atoms with Gasteiger partial charge in [0.1, 0.15) is 11.9 Å². The van der Waals surface area contributed by atoms with E-state index in [2.05, 4.69) is 5.32 Å². The van der Waals surface area contributed by atoms with Gasteiger partial charge in [-0.1, -0.05) is 12.1 Å². The van der Waals surface area contributed by atoms with Gasteiger partial charge >= 0.3 is 0 Å². The normalized spacial score (nSPS) is 22.9. The molecule has 2 unspecified atom stereocenters. The summed E-state index contributed by atoms with van der Waals surface area (Å²) in [6.07, 6.45) is 1.78. The lowest BCUT2D eigenvalue weighted by Gasteiger charge is -2.31. The van der Waals surface area contributed by atoms with Crippen LogP contribution >= 0.6 is 12.4 Å². The number of halogens is 1. The summed E-state index contributed by atoms with van der Waals surface area (Å²) < 4.78 is 16.7. The molecular weight excluding hydrogens is 344 g/mol. The predicted octanol–water partition coefficient (Wildman–Crippen LogP) is 1.61. The second-order valence-corrected chi connectivity index (χ2v) is 6.27. The largest absolute Gasteiger partial charge is 0.497 e. The van der Waals surface area contributed by atoms with Crippen molar-refractivity contribution in [3.63, 3.8) is 0 Å². The van der Waals surface area contributed by atoms with E-state index in [1.54, 1.807) is 7.11 Å². The first-order chi connectivity index (χ1) is 11.8. The molecule has 2 fully saturated rings. The summed E-state index contributed by atoms with van der Waals surface area (Å²) in [6, 6.07) is 7.83. The van der Waals surface area contributed by atoms with Crippen LogP contribution in [0.25, 0.3) is 0 Å². The maximum Gasteiger partial charge on any atom is 0.253 e. The van der Waals surface area contributed by atoms with Crippen molar-refractivity contribution in [1.29, 1.82) is 0 Å². The number of nitrogens with one attached hydrogen (secondary N) is 1. The van der Waals surface area contributed by atoms with Gasteiger partial charge in [0.05, 0.1) is 19.8 Å². The Bertz CT molecular complexity index is 546. The van der Waals surface area contributed by atoms with Crippen molar-refractivity contribution < 1.29 is 19.0 Å². The van der Waals surface area contributed by atoms with Gasteiger partial charge in [-0.05, 0) is 30.5 Å². The highest BCUT2D eigenvalue weighted by Gasteiger charge is 2.29. The van der Waals surface area contributed by atoms with Gasteiger partial charge in [-0.25, -0.2) is 0 Å². The molecule has 140 valence electrons. The molecule has 2 aliphatic rings. The number of nitrogens with zero attached hydrogens (tertiary/aromatic N) is 1. The molecule has 2 saturated heterocycles. The summed E-state index contributed by atoms with van der Waals surface area (Å²) in [4.78, 5) is 14.8. The molecule has 2 atom stereocenters. The third-order valence-corrected chi connectivity index (χ3v) is 4.47. The summed E-state index contributed by atoms with van der Waals surface area (Å²) >= 11 is 0. The van der Waals surface area contributed by atoms with Gasteiger partial charge in [0.2, 0.25) is 0 Å². The van der Waals surface area contributed by atoms with Crippen LogP contribution in [0.3, 0.4) is 0 Å². The molecule has 2 heterocycles. The number of amides is 1. The second kappa shape index (κ2) is 9.97. The summed E-state index contributed by atoms with van der Waals surface area (Å²) in [7, 11) is 1.65. The lowest BCUT2D eigenvalue weighted by molar-refractivity contribution is -0.147. The average molecular weight is 371 g/mol. The molecule has 1 N–H and O–H groups in total. The summed E-state index contributed by atoms with van der Waals surface area (Å²) in [5.74, 6) is 0.827. The fourth-order valence-electron chi connectivity index (χ4n) is 3.19. The highest BCUT2D eigenvalue weighted by atomic mass is 35.5. The van der Waals surface area contributed by atoms with Gasteiger partial charge in [0.25, 0.3) is 5.91 Å². The Balaban J connectivity index is 0.00000225. The first kappa shape index (κ1) is 20.0. The Morgan fingerprint density at radius 2 is 2.24 bits per heavy atom. The number of benzene rings is 1. The number of ether oxygens (including phenoxy) is 3. The van der Waals surface area contributed by atoms with Crippen LogP contribution in [0.1, 0.15) is 18.4 Å². The van der Waals surface area contributed by atoms with Crippen LogP contribution in [0.2, 0.25) is 0 Å². The van der Waals surface area contributed by atoms with Gasteiger partial charge in [-0.2, -0.15) is 0 Å². The molecule has 0 saturated carbocycles. The van der Waals surface area contributed by atoms with Crippen molar-refractivity contribution in [1.82, 2.24) is 10.2 Å². The van der Waals surface area contributed by atoms with E-state index in [9.17, 15) is 4.79 Å². The number of hydrogen-bond acceptors (Lipinski definition) is 5. The zero-order valence-corrected chi connectivity index (χ0v) is 15.4. The minimum Gasteiger partial charge on any atom is -0.497 e. The van der Waals surface area contributed by atoms with Gasteiger partial charge in [-0.3, -0.25) is 4.79 Å². The number of hydrogen-bond donors (Lipinski definition) is 1. The summed E-state index contributed by atoms with van der Waals surface area (Å²) in [5.41, 5.74) is 1.05. The molecule has 0 aliphatic carbocycles. The number of methoxy groups -OCH3 is 1. The highest BCUT2D eigenvalue weighted by Crippen LogP contribution is 2.19. The smallest absolute Gasteiger partial charge is 0.253 e. The molecule has 1 aromatic rings. The van der Waals surface area contributed by atoms with Crippen molar-refractivity contribution in [2.45, 2.75) is 31.6 Å². The van der Waals surface area contributed by atoms with Crippen molar-refractivity contribution in [2.75, 3.05) is 40.0 Å². The molecule has 0 radical (unpaired) electrons. The summed E-state index contributed by atoms with van der Waals surface area (Å²) in [6.45, 7) is 3.87. The molecule has 0 aromatic heterocycles. The highest BCUT2D eigenvalue weighted by molar-refractivity contribution is 5.85. The molecule has 7 heteroatoms. The monoisotopic (exact) mass is 370 g/mol. The topological polar surface area (TPSA) is 60.0 Å². The zero-order chi connectivity index (χ0) is 16.8. The second-order valence-electron chi connectivity index (χ2n) is 6.27. The van der Waals surface area contributed by atoms with E-state index in [1.165, 1.54) is 0 Å². The Morgan fingerprint density at radius 1 is 1.36 bits per heavy atom. The number of carbonyl (C=O) groups is 1. The Labute approximate surface area is 155 Å². The van der Waals surface area contributed by atoms with Crippen LogP contribution in [0.5, 0.6) is 5.75 Å². The predicted molar refractivity (Wildman–Crippen MR) is 97.2 cm³/mol. The van der Waals surface area contributed by atoms with Gasteiger partial charge in [-0.15, -0.1) is 12.4 Å². The van der Waals surface area contributed by atoms with E-state index in [0.29, 0.717) is 26.2 Å².